The first-order valence-electron chi connectivity index (χ1n) is 16.0. The van der Waals surface area contributed by atoms with Gasteiger partial charge in [-0.2, -0.15) is 0 Å². The number of benzene rings is 1. The average molecular weight is 631 g/mol. The molecular weight excluding hydrogens is 584 g/mol. The number of phenols is 1. The minimum atomic E-state index is -2.05. The number of aromatic hydroxyl groups is 1. The van der Waals surface area contributed by atoms with Crippen LogP contribution in [0, 0.1) is 16.7 Å². The van der Waals surface area contributed by atoms with Gasteiger partial charge in [0.2, 0.25) is 0 Å². The highest BCUT2D eigenvalue weighted by Crippen LogP contribution is 2.71. The van der Waals surface area contributed by atoms with Crippen molar-refractivity contribution in [2.45, 2.75) is 133 Å². The van der Waals surface area contributed by atoms with Crippen molar-refractivity contribution in [1.82, 2.24) is 0 Å². The molecule has 6 rings (SSSR count). The highest BCUT2D eigenvalue weighted by atomic mass is 16.7. The molecule has 1 saturated heterocycles. The maximum absolute atomic E-state index is 13.5. The molecule has 4 aliphatic carbocycles. The molecule has 0 spiro atoms. The summed E-state index contributed by atoms with van der Waals surface area (Å²) in [6, 6.07) is 5.55. The highest BCUT2D eigenvalue weighted by Gasteiger charge is 2.81. The molecule has 4 fully saturated rings. The van der Waals surface area contributed by atoms with Gasteiger partial charge in [-0.15, -0.1) is 0 Å². The van der Waals surface area contributed by atoms with Gasteiger partial charge in [-0.3, -0.25) is 4.79 Å². The van der Waals surface area contributed by atoms with E-state index in [4.69, 9.17) is 14.2 Å². The topological polar surface area (TPSA) is 183 Å². The molecule has 12 atom stereocenters. The number of carbonyl (C=O) groups is 2. The Morgan fingerprint density at radius 2 is 1.69 bits per heavy atom. The van der Waals surface area contributed by atoms with E-state index in [9.17, 15) is 40.2 Å². The molecular formula is C34H46O11. The summed E-state index contributed by atoms with van der Waals surface area (Å²) in [5.74, 6) is -1.90. The number of ether oxygens (including phenoxy) is 3. The van der Waals surface area contributed by atoms with Crippen LogP contribution in [0.3, 0.4) is 0 Å². The molecule has 5 aliphatic rings. The summed E-state index contributed by atoms with van der Waals surface area (Å²) in [6.45, 7) is 6.53. The van der Waals surface area contributed by atoms with Crippen LogP contribution in [0.2, 0.25) is 0 Å². The van der Waals surface area contributed by atoms with Crippen LogP contribution in [0.4, 0.5) is 0 Å². The minimum Gasteiger partial charge on any atom is -0.508 e. The van der Waals surface area contributed by atoms with E-state index >= 15 is 0 Å². The smallest absolute Gasteiger partial charge is 0.338 e. The fourth-order valence-electron chi connectivity index (χ4n) is 9.59. The summed E-state index contributed by atoms with van der Waals surface area (Å²) in [7, 11) is 0. The molecule has 0 amide bonds. The molecule has 3 saturated carbocycles. The van der Waals surface area contributed by atoms with Crippen molar-refractivity contribution in [3.8, 4) is 5.75 Å². The molecule has 1 aliphatic heterocycles. The molecule has 0 unspecified atom stereocenters. The summed E-state index contributed by atoms with van der Waals surface area (Å²) in [5.41, 5.74) is -6.88. The van der Waals surface area contributed by atoms with Crippen molar-refractivity contribution in [2.75, 3.05) is 0 Å². The first kappa shape index (κ1) is 32.6. The molecule has 11 nitrogen and oxygen atoms in total. The zero-order valence-electron chi connectivity index (χ0n) is 26.3. The maximum atomic E-state index is 13.5. The third-order valence-corrected chi connectivity index (χ3v) is 12.5. The van der Waals surface area contributed by atoms with E-state index in [0.717, 1.165) is 5.57 Å². The van der Waals surface area contributed by atoms with Crippen LogP contribution < -0.4 is 0 Å². The molecule has 1 heterocycles. The molecule has 1 aromatic rings. The third-order valence-electron chi connectivity index (χ3n) is 12.5. The van der Waals surface area contributed by atoms with Gasteiger partial charge in [0.05, 0.1) is 29.3 Å². The number of hydrogen-bond donors (Lipinski definition) is 6. The lowest BCUT2D eigenvalue weighted by molar-refractivity contribution is -0.313. The monoisotopic (exact) mass is 630 g/mol. The van der Waals surface area contributed by atoms with Gasteiger partial charge in [-0.25, -0.2) is 4.79 Å². The van der Waals surface area contributed by atoms with Gasteiger partial charge in [0.25, 0.3) is 0 Å². The van der Waals surface area contributed by atoms with Crippen molar-refractivity contribution < 1.29 is 54.4 Å². The number of Topliss-reactive ketones (excluding diaryl/α,β-unsaturated/α-hetero) is 1. The van der Waals surface area contributed by atoms with Crippen LogP contribution in [0.15, 0.2) is 35.9 Å². The van der Waals surface area contributed by atoms with Gasteiger partial charge in [0, 0.05) is 12.3 Å². The number of ketones is 1. The van der Waals surface area contributed by atoms with E-state index in [1.54, 1.807) is 13.8 Å². The summed E-state index contributed by atoms with van der Waals surface area (Å²) < 4.78 is 18.2. The van der Waals surface area contributed by atoms with Gasteiger partial charge in [0.15, 0.2) is 12.1 Å². The maximum Gasteiger partial charge on any atom is 0.338 e. The van der Waals surface area contributed by atoms with Crippen molar-refractivity contribution in [3.05, 3.63) is 41.5 Å². The largest absolute Gasteiger partial charge is 0.508 e. The van der Waals surface area contributed by atoms with Gasteiger partial charge in [-0.1, -0.05) is 18.6 Å². The van der Waals surface area contributed by atoms with E-state index in [0.29, 0.717) is 19.3 Å². The number of hydrogen-bond acceptors (Lipinski definition) is 11. The number of aliphatic hydroxyl groups excluding tert-OH is 2. The van der Waals surface area contributed by atoms with Crippen LogP contribution >= 0.6 is 0 Å². The van der Waals surface area contributed by atoms with Crippen molar-refractivity contribution in [2.24, 2.45) is 16.7 Å². The number of esters is 1. The Morgan fingerprint density at radius 3 is 2.33 bits per heavy atom. The number of rotatable bonds is 5. The first-order chi connectivity index (χ1) is 21.0. The first-order valence-corrected chi connectivity index (χ1v) is 16.0. The predicted molar refractivity (Wildman–Crippen MR) is 159 cm³/mol. The van der Waals surface area contributed by atoms with Crippen molar-refractivity contribution in [3.63, 3.8) is 0 Å². The van der Waals surface area contributed by atoms with Crippen molar-refractivity contribution >= 4 is 11.8 Å². The molecule has 0 aromatic heterocycles. The Bertz CT molecular complexity index is 1370. The Kier molecular flexibility index (Phi) is 7.84. The minimum absolute atomic E-state index is 0.0234. The number of fused-ring (bicyclic) bond motifs is 5. The second-order valence-corrected chi connectivity index (χ2v) is 14.5. The quantitative estimate of drug-likeness (QED) is 0.207. The second-order valence-electron chi connectivity index (χ2n) is 14.5. The molecule has 1 aromatic carbocycles. The average Bonchev–Trinajstić information content (AvgIpc) is 3.22. The van der Waals surface area contributed by atoms with E-state index in [1.165, 1.54) is 31.2 Å². The molecule has 0 bridgehead atoms. The van der Waals surface area contributed by atoms with E-state index < -0.39 is 76.0 Å². The Balaban J connectivity index is 1.33. The van der Waals surface area contributed by atoms with E-state index in [-0.39, 0.29) is 49.5 Å². The standard InChI is InChI=1S/C34H46O11/c1-18-28(38)24(37)16-27(43-18)44-23-10-11-30(3)21(15-23)9-12-33(41)25(30)17-26(45-29(39)20-5-7-22(36)8-6-20)31(4)32(40,19(2)35)13-14-34(31,33)42/h5-9,18,23-28,36-38,40-42H,10-17H2,1-4H3/t18-,23+,24+,25-,26-,27+,28-,30+,31-,32-,33+,34-/m1/s1. The van der Waals surface area contributed by atoms with Gasteiger partial charge >= 0.3 is 5.97 Å². The van der Waals surface area contributed by atoms with Gasteiger partial charge in [-0.05, 0) is 95.4 Å². The lowest BCUT2D eigenvalue weighted by Gasteiger charge is -2.67. The Labute approximate surface area is 262 Å². The fourth-order valence-corrected chi connectivity index (χ4v) is 9.59. The van der Waals surface area contributed by atoms with Gasteiger partial charge < -0.3 is 44.8 Å². The Morgan fingerprint density at radius 1 is 1.00 bits per heavy atom. The lowest BCUT2D eigenvalue weighted by Crippen LogP contribution is -2.78. The van der Waals surface area contributed by atoms with E-state index in [1.807, 2.05) is 13.0 Å². The third kappa shape index (κ3) is 4.57. The molecule has 6 N–H and O–H groups in total. The predicted octanol–water partition coefficient (Wildman–Crippen LogP) is 2.28. The van der Waals surface area contributed by atoms with Crippen LogP contribution in [-0.4, -0.2) is 96.0 Å². The summed E-state index contributed by atoms with van der Waals surface area (Å²) in [5, 5.41) is 67.2. The number of phenolic OH excluding ortho intramolecular Hbond substituents is 1. The zero-order chi connectivity index (χ0) is 32.7. The fraction of sp³-hybridized carbons (Fsp3) is 0.706. The summed E-state index contributed by atoms with van der Waals surface area (Å²) >= 11 is 0. The summed E-state index contributed by atoms with van der Waals surface area (Å²) in [6.07, 6.45) is -0.707. The van der Waals surface area contributed by atoms with Crippen molar-refractivity contribution in [1.29, 1.82) is 0 Å². The lowest BCUT2D eigenvalue weighted by atomic mass is 9.42. The highest BCUT2D eigenvalue weighted by molar-refractivity contribution is 5.90. The number of carbonyl (C=O) groups excluding carboxylic acids is 2. The molecule has 45 heavy (non-hydrogen) atoms. The normalized spacial score (nSPS) is 47.6. The Hall–Kier alpha value is -2.38. The van der Waals surface area contributed by atoms with Crippen LogP contribution in [0.5, 0.6) is 5.75 Å². The second kappa shape index (κ2) is 10.8. The molecule has 11 heteroatoms. The SMILES string of the molecule is CC(=O)[C@]1(O)CC[C@@]2(O)[C@]1(C)[C@H](OC(=O)c1ccc(O)cc1)C[C@@H]1[C@@]3(C)CC[C@H](O[C@H]4C[C@H](O)[C@H](O)[C@@H](C)O4)CC3=CC[C@]12O. The van der Waals surface area contributed by atoms with Gasteiger partial charge in [0.1, 0.15) is 34.8 Å². The zero-order valence-corrected chi connectivity index (χ0v) is 26.3. The molecule has 248 valence electrons. The summed E-state index contributed by atoms with van der Waals surface area (Å²) in [4.78, 5) is 26.5. The van der Waals surface area contributed by atoms with Crippen LogP contribution in [-0.2, 0) is 19.0 Å². The molecule has 0 radical (unpaired) electrons. The van der Waals surface area contributed by atoms with Crippen LogP contribution in [0.1, 0.15) is 89.4 Å². The van der Waals surface area contributed by atoms with Crippen LogP contribution in [0.25, 0.3) is 0 Å². The van der Waals surface area contributed by atoms with E-state index in [2.05, 4.69) is 0 Å². The number of aliphatic hydroxyl groups is 5.